The van der Waals surface area contributed by atoms with E-state index < -0.39 is 0 Å². The van der Waals surface area contributed by atoms with Crippen LogP contribution in [0.1, 0.15) is 26.3 Å². The highest BCUT2D eigenvalue weighted by atomic mass is 32.1. The second kappa shape index (κ2) is 20.4. The van der Waals surface area contributed by atoms with Crippen molar-refractivity contribution in [1.82, 2.24) is 19.5 Å². The molecule has 4 nitrogen and oxygen atoms in total. The van der Waals surface area contributed by atoms with Gasteiger partial charge in [-0.3, -0.25) is 0 Å². The summed E-state index contributed by atoms with van der Waals surface area (Å²) in [6.45, 7) is 6.86. The fraction of sp³-hybridized carbons (Fsp3) is 0.0506. The smallest absolute Gasteiger partial charge is 0.164 e. The average Bonchev–Trinajstić information content (AvgIpc) is 1.70. The molecule has 16 rings (SSSR count). The standard InChI is InChI=1S/C79H54N4S2/c1-79(2,3)59-37-32-53(33-38-59)64-43-57(50-22-10-5-11-23-50)44-68-67-42-54(49-20-8-4-9-21-49)36-41-69(67)83(75(64)68)74-65(51-24-12-6-13-25-51)45-58(46-66(74)52-26-14-7-15-27-52)78-81-76(55-34-39-62-60-28-16-18-30-70(60)84-72(62)47-55)80-77(82-78)56-35-40-63-61-29-17-19-31-71(61)85-73(63)48-56/h4-48H,1-3H3. The Morgan fingerprint density at radius 1 is 0.282 bits per heavy atom. The van der Waals surface area contributed by atoms with Crippen LogP contribution in [0.2, 0.25) is 0 Å². The maximum atomic E-state index is 5.55. The van der Waals surface area contributed by atoms with Crippen LogP contribution in [0, 0.1) is 0 Å². The summed E-state index contributed by atoms with van der Waals surface area (Å²) >= 11 is 3.61. The zero-order chi connectivity index (χ0) is 56.8. The zero-order valence-electron chi connectivity index (χ0n) is 47.1. The molecule has 0 fully saturated rings. The van der Waals surface area contributed by atoms with Crippen molar-refractivity contribution in [2.24, 2.45) is 0 Å². The molecule has 0 unspecified atom stereocenters. The van der Waals surface area contributed by atoms with Gasteiger partial charge >= 0.3 is 0 Å². The number of aromatic nitrogens is 4. The topological polar surface area (TPSA) is 43.6 Å². The Labute approximate surface area is 501 Å². The van der Waals surface area contributed by atoms with Crippen LogP contribution in [0.25, 0.3) is 158 Å². The number of rotatable bonds is 9. The van der Waals surface area contributed by atoms with E-state index in [0.717, 1.165) is 77.9 Å². The molecule has 0 radical (unpaired) electrons. The molecule has 0 amide bonds. The first kappa shape index (κ1) is 50.6. The van der Waals surface area contributed by atoms with E-state index in [2.05, 4.69) is 298 Å². The van der Waals surface area contributed by atoms with Crippen LogP contribution in [0.5, 0.6) is 0 Å². The number of nitrogens with zero attached hydrogens (tertiary/aromatic N) is 4. The van der Waals surface area contributed by atoms with Crippen LogP contribution in [0.15, 0.2) is 273 Å². The highest BCUT2D eigenvalue weighted by Crippen LogP contribution is 2.49. The van der Waals surface area contributed by atoms with Crippen molar-refractivity contribution in [3.05, 3.63) is 279 Å². The molecule has 12 aromatic carbocycles. The van der Waals surface area contributed by atoms with Gasteiger partial charge in [0, 0.05) is 84.5 Å². The van der Waals surface area contributed by atoms with E-state index in [1.165, 1.54) is 67.8 Å². The lowest BCUT2D eigenvalue weighted by Gasteiger charge is -2.23. The SMILES string of the molecule is CC(C)(C)c1ccc(-c2cc(-c3ccccc3)cc3c4cc(-c5ccccc5)ccc4n(-c4c(-c5ccccc5)cc(-c5nc(-c6ccc7c(c6)sc6ccccc67)nc(-c6ccc7c(c6)sc6ccccc67)n5)cc4-c4ccccc4)c23)cc1. The monoisotopic (exact) mass is 1120 g/mol. The maximum Gasteiger partial charge on any atom is 0.164 e. The Bertz CT molecular complexity index is 5060. The van der Waals surface area contributed by atoms with Crippen molar-refractivity contribution in [2.75, 3.05) is 0 Å². The number of benzene rings is 12. The highest BCUT2D eigenvalue weighted by Gasteiger charge is 2.27. The molecule has 4 aromatic heterocycles. The van der Waals surface area contributed by atoms with Crippen LogP contribution < -0.4 is 0 Å². The predicted octanol–water partition coefficient (Wildman–Crippen LogP) is 22.3. The molecule has 0 atom stereocenters. The fourth-order valence-corrected chi connectivity index (χ4v) is 14.8. The van der Waals surface area contributed by atoms with Gasteiger partial charge in [-0.2, -0.15) is 0 Å². The summed E-state index contributed by atoms with van der Waals surface area (Å²) in [5.74, 6) is 1.83. The number of thiophene rings is 2. The molecule has 0 aliphatic rings. The van der Waals surface area contributed by atoms with Gasteiger partial charge in [-0.25, -0.2) is 15.0 Å². The molecular formula is C79H54N4S2. The Hall–Kier alpha value is -10.1. The largest absolute Gasteiger partial charge is 0.307 e. The lowest BCUT2D eigenvalue weighted by molar-refractivity contribution is 0.590. The van der Waals surface area contributed by atoms with Gasteiger partial charge in [0.05, 0.1) is 16.7 Å². The van der Waals surface area contributed by atoms with E-state index in [-0.39, 0.29) is 5.41 Å². The molecule has 0 aliphatic carbocycles. The molecule has 402 valence electrons. The second-order valence-corrected chi connectivity index (χ2v) is 25.3. The van der Waals surface area contributed by atoms with Gasteiger partial charge in [0.1, 0.15) is 0 Å². The third-order valence-corrected chi connectivity index (χ3v) is 19.1. The molecule has 0 spiro atoms. The van der Waals surface area contributed by atoms with Crippen molar-refractivity contribution < 1.29 is 0 Å². The summed E-state index contributed by atoms with van der Waals surface area (Å²) in [6.07, 6.45) is 0. The van der Waals surface area contributed by atoms with Crippen molar-refractivity contribution >= 4 is 84.8 Å². The van der Waals surface area contributed by atoms with Crippen LogP contribution in [0.3, 0.4) is 0 Å². The van der Waals surface area contributed by atoms with Gasteiger partial charge in [0.25, 0.3) is 0 Å². The Kier molecular flexibility index (Phi) is 12.1. The van der Waals surface area contributed by atoms with Crippen molar-refractivity contribution in [2.45, 2.75) is 26.2 Å². The minimum Gasteiger partial charge on any atom is -0.307 e. The first-order valence-corrected chi connectivity index (χ1v) is 30.6. The molecule has 85 heavy (non-hydrogen) atoms. The molecule has 4 heterocycles. The fourth-order valence-electron chi connectivity index (χ4n) is 12.5. The molecule has 0 saturated heterocycles. The first-order valence-electron chi connectivity index (χ1n) is 29.0. The molecule has 0 bridgehead atoms. The van der Waals surface area contributed by atoms with E-state index >= 15 is 0 Å². The normalized spacial score (nSPS) is 11.9. The van der Waals surface area contributed by atoms with E-state index in [0.29, 0.717) is 17.5 Å². The Balaban J connectivity index is 1.01. The van der Waals surface area contributed by atoms with E-state index in [1.807, 2.05) is 0 Å². The molecule has 0 aliphatic heterocycles. The third-order valence-electron chi connectivity index (χ3n) is 16.8. The lowest BCUT2D eigenvalue weighted by atomic mass is 9.86. The van der Waals surface area contributed by atoms with Gasteiger partial charge in [-0.05, 0) is 111 Å². The maximum absolute atomic E-state index is 5.55. The minimum absolute atomic E-state index is 0.0149. The van der Waals surface area contributed by atoms with E-state index in [9.17, 15) is 0 Å². The van der Waals surface area contributed by atoms with Gasteiger partial charge in [-0.1, -0.05) is 233 Å². The predicted molar refractivity (Wildman–Crippen MR) is 362 cm³/mol. The van der Waals surface area contributed by atoms with Crippen LogP contribution >= 0.6 is 22.7 Å². The van der Waals surface area contributed by atoms with Crippen molar-refractivity contribution in [3.8, 4) is 95.5 Å². The lowest BCUT2D eigenvalue weighted by Crippen LogP contribution is -2.10. The van der Waals surface area contributed by atoms with Gasteiger partial charge in [-0.15, -0.1) is 22.7 Å². The summed E-state index contributed by atoms with van der Waals surface area (Å²) in [6, 6.07) is 99.8. The molecule has 0 N–H and O–H groups in total. The molecule has 0 saturated carbocycles. The molecule has 16 aromatic rings. The second-order valence-electron chi connectivity index (χ2n) is 23.1. The minimum atomic E-state index is -0.0149. The summed E-state index contributed by atoms with van der Waals surface area (Å²) in [4.78, 5) is 16.5. The van der Waals surface area contributed by atoms with E-state index in [1.54, 1.807) is 22.7 Å². The van der Waals surface area contributed by atoms with Gasteiger partial charge in [0.2, 0.25) is 0 Å². The summed E-state index contributed by atoms with van der Waals surface area (Å²) in [5, 5.41) is 7.31. The summed E-state index contributed by atoms with van der Waals surface area (Å²) in [7, 11) is 0. The average molecular weight is 1120 g/mol. The Morgan fingerprint density at radius 2 is 0.682 bits per heavy atom. The van der Waals surface area contributed by atoms with Crippen LogP contribution in [0.4, 0.5) is 0 Å². The van der Waals surface area contributed by atoms with Crippen molar-refractivity contribution in [1.29, 1.82) is 0 Å². The van der Waals surface area contributed by atoms with Gasteiger partial charge < -0.3 is 4.57 Å². The van der Waals surface area contributed by atoms with E-state index in [4.69, 9.17) is 15.0 Å². The Morgan fingerprint density at radius 3 is 1.20 bits per heavy atom. The van der Waals surface area contributed by atoms with Crippen molar-refractivity contribution in [3.63, 3.8) is 0 Å². The first-order chi connectivity index (χ1) is 41.7. The van der Waals surface area contributed by atoms with Crippen LogP contribution in [-0.2, 0) is 5.41 Å². The summed E-state index contributed by atoms with van der Waals surface area (Å²) in [5.41, 5.74) is 18.5. The number of hydrogen-bond donors (Lipinski definition) is 0. The highest BCUT2D eigenvalue weighted by molar-refractivity contribution is 7.26. The third kappa shape index (κ3) is 8.92. The number of fused-ring (bicyclic) bond motifs is 9. The molecule has 6 heteroatoms. The van der Waals surface area contributed by atoms with Gasteiger partial charge in [0.15, 0.2) is 17.5 Å². The number of hydrogen-bond acceptors (Lipinski definition) is 5. The molecular weight excluding hydrogens is 1070 g/mol. The van der Waals surface area contributed by atoms with Crippen LogP contribution in [-0.4, -0.2) is 19.5 Å². The quantitative estimate of drug-likeness (QED) is 0.145. The zero-order valence-corrected chi connectivity index (χ0v) is 48.7. The summed E-state index contributed by atoms with van der Waals surface area (Å²) < 4.78 is 7.47.